The summed E-state index contributed by atoms with van der Waals surface area (Å²) >= 11 is 0. The molecule has 8 heteroatoms. The molecule has 206 valence electrons. The molecule has 0 amide bonds. The quantitative estimate of drug-likeness (QED) is 0.240. The predicted molar refractivity (Wildman–Crippen MR) is 165 cm³/mol. The van der Waals surface area contributed by atoms with E-state index in [9.17, 15) is 5.26 Å². The highest BCUT2D eigenvalue weighted by Gasteiger charge is 2.28. The van der Waals surface area contributed by atoms with E-state index < -0.39 is 0 Å². The highest BCUT2D eigenvalue weighted by atomic mass is 16.4. The molecule has 0 spiro atoms. The van der Waals surface area contributed by atoms with Gasteiger partial charge in [0.1, 0.15) is 18.2 Å². The Morgan fingerprint density at radius 2 is 1.50 bits per heavy atom. The van der Waals surface area contributed by atoms with Gasteiger partial charge in [0.05, 0.1) is 5.39 Å². The highest BCUT2D eigenvalue weighted by Crippen LogP contribution is 2.37. The average molecular weight is 552 g/mol. The molecule has 0 unspecified atom stereocenters. The van der Waals surface area contributed by atoms with Gasteiger partial charge in [-0.2, -0.15) is 10.2 Å². The van der Waals surface area contributed by atoms with Gasteiger partial charge in [0.25, 0.3) is 0 Å². The minimum absolute atomic E-state index is 0.311. The van der Waals surface area contributed by atoms with E-state index in [1.165, 1.54) is 5.56 Å². The van der Waals surface area contributed by atoms with Gasteiger partial charge in [-0.3, -0.25) is 0 Å². The molecule has 0 bridgehead atoms. The Bertz CT molecular complexity index is 1940. The first-order valence-electron chi connectivity index (χ1n) is 14.1. The molecule has 3 aromatic carbocycles. The lowest BCUT2D eigenvalue weighted by Crippen LogP contribution is -2.47. The first-order valence-corrected chi connectivity index (χ1v) is 14.1. The van der Waals surface area contributed by atoms with Crippen molar-refractivity contribution in [1.82, 2.24) is 19.5 Å². The lowest BCUT2D eigenvalue weighted by Gasteiger charge is -2.35. The van der Waals surface area contributed by atoms with Gasteiger partial charge < -0.3 is 18.8 Å². The summed E-state index contributed by atoms with van der Waals surface area (Å²) in [4.78, 5) is 18.5. The molecule has 0 atom stereocenters. The smallest absolute Gasteiger partial charge is 0.235 e. The summed E-state index contributed by atoms with van der Waals surface area (Å²) in [6.45, 7) is 6.88. The van der Waals surface area contributed by atoms with Crippen LogP contribution >= 0.6 is 0 Å². The number of nitrogens with zero attached hydrogens (tertiary/aromatic N) is 7. The fourth-order valence-corrected chi connectivity index (χ4v) is 5.72. The zero-order valence-electron chi connectivity index (χ0n) is 23.5. The van der Waals surface area contributed by atoms with E-state index in [0.29, 0.717) is 43.6 Å². The number of anilines is 2. The molecule has 1 aliphatic heterocycles. The number of aromatic nitrogens is 4. The number of benzene rings is 3. The van der Waals surface area contributed by atoms with Crippen molar-refractivity contribution in [3.05, 3.63) is 108 Å². The topological polar surface area (TPSA) is 87.0 Å². The first kappa shape index (κ1) is 25.5. The van der Waals surface area contributed by atoms with Gasteiger partial charge in [0.2, 0.25) is 17.5 Å². The molecular formula is C34H29N7O. The molecule has 4 heterocycles. The summed E-state index contributed by atoms with van der Waals surface area (Å²) in [6, 6.07) is 29.1. The molecule has 3 aromatic heterocycles. The molecule has 42 heavy (non-hydrogen) atoms. The molecule has 6 aromatic rings. The SMILES string of the molecule is Cc1cccc(-c2nc(C#N)c(N3CCN(c4ncnc5c4c(-c4ccccc4)cn5-c4cccc(C)c4)CC3)o2)c1. The number of oxazole rings is 1. The van der Waals surface area contributed by atoms with Gasteiger partial charge in [-0.15, -0.1) is 0 Å². The summed E-state index contributed by atoms with van der Waals surface area (Å²) in [5.41, 5.74) is 7.63. The van der Waals surface area contributed by atoms with Crippen molar-refractivity contribution in [2.45, 2.75) is 13.8 Å². The average Bonchev–Trinajstić information content (AvgIpc) is 3.64. The number of nitriles is 1. The summed E-state index contributed by atoms with van der Waals surface area (Å²) in [6.07, 6.45) is 3.83. The number of hydrogen-bond acceptors (Lipinski definition) is 7. The van der Waals surface area contributed by atoms with Crippen LogP contribution in [0.15, 0.2) is 95.8 Å². The lowest BCUT2D eigenvalue weighted by atomic mass is 10.1. The zero-order chi connectivity index (χ0) is 28.6. The van der Waals surface area contributed by atoms with Crippen molar-refractivity contribution in [2.75, 3.05) is 36.0 Å². The second-order valence-corrected chi connectivity index (χ2v) is 10.6. The van der Waals surface area contributed by atoms with Crippen molar-refractivity contribution in [1.29, 1.82) is 5.26 Å². The molecule has 0 saturated carbocycles. The van der Waals surface area contributed by atoms with Crippen LogP contribution in [0.2, 0.25) is 0 Å². The Morgan fingerprint density at radius 3 is 2.24 bits per heavy atom. The number of piperazine rings is 1. The van der Waals surface area contributed by atoms with Crippen LogP contribution in [0.3, 0.4) is 0 Å². The van der Waals surface area contributed by atoms with Gasteiger partial charge in [0.15, 0.2) is 5.65 Å². The molecule has 8 nitrogen and oxygen atoms in total. The van der Waals surface area contributed by atoms with Crippen LogP contribution in [0.4, 0.5) is 11.7 Å². The largest absolute Gasteiger partial charge is 0.419 e. The number of aryl methyl sites for hydroxylation is 2. The van der Waals surface area contributed by atoms with E-state index in [1.807, 2.05) is 37.3 Å². The molecule has 1 aliphatic rings. The van der Waals surface area contributed by atoms with Crippen molar-refractivity contribution in [3.8, 4) is 34.3 Å². The molecule has 1 saturated heterocycles. The summed E-state index contributed by atoms with van der Waals surface area (Å²) < 4.78 is 8.34. The van der Waals surface area contributed by atoms with Crippen molar-refractivity contribution in [2.24, 2.45) is 0 Å². The Kier molecular flexibility index (Phi) is 6.40. The molecule has 0 N–H and O–H groups in total. The predicted octanol–water partition coefficient (Wildman–Crippen LogP) is 6.56. The van der Waals surface area contributed by atoms with Crippen LogP contribution in [-0.4, -0.2) is 45.7 Å². The van der Waals surface area contributed by atoms with Crippen LogP contribution in [0.25, 0.3) is 39.3 Å². The normalized spacial score (nSPS) is 13.5. The Morgan fingerprint density at radius 1 is 0.786 bits per heavy atom. The van der Waals surface area contributed by atoms with Gasteiger partial charge in [-0.25, -0.2) is 9.97 Å². The summed E-state index contributed by atoms with van der Waals surface area (Å²) in [7, 11) is 0. The maximum atomic E-state index is 9.84. The minimum atomic E-state index is 0.311. The lowest BCUT2D eigenvalue weighted by molar-refractivity contribution is 0.530. The summed E-state index contributed by atoms with van der Waals surface area (Å²) in [5, 5.41) is 10.9. The maximum absolute atomic E-state index is 9.84. The monoisotopic (exact) mass is 551 g/mol. The number of rotatable bonds is 5. The van der Waals surface area contributed by atoms with Gasteiger partial charge >= 0.3 is 0 Å². The van der Waals surface area contributed by atoms with E-state index in [4.69, 9.17) is 14.4 Å². The van der Waals surface area contributed by atoms with Crippen molar-refractivity contribution < 1.29 is 4.42 Å². The van der Waals surface area contributed by atoms with E-state index in [1.54, 1.807) is 6.33 Å². The number of hydrogen-bond donors (Lipinski definition) is 0. The Labute approximate surface area is 244 Å². The third-order valence-corrected chi connectivity index (χ3v) is 7.77. The van der Waals surface area contributed by atoms with E-state index in [2.05, 4.69) is 87.1 Å². The van der Waals surface area contributed by atoms with Crippen molar-refractivity contribution in [3.63, 3.8) is 0 Å². The molecule has 1 fully saturated rings. The van der Waals surface area contributed by atoms with Crippen LogP contribution in [0.5, 0.6) is 0 Å². The Hall–Kier alpha value is -5.42. The Balaban J connectivity index is 1.24. The van der Waals surface area contributed by atoms with Crippen LogP contribution < -0.4 is 9.80 Å². The first-order chi connectivity index (χ1) is 20.6. The minimum Gasteiger partial charge on any atom is -0.419 e. The second-order valence-electron chi connectivity index (χ2n) is 10.6. The fourth-order valence-electron chi connectivity index (χ4n) is 5.72. The number of fused-ring (bicyclic) bond motifs is 1. The van der Waals surface area contributed by atoms with Gasteiger partial charge in [0, 0.05) is 49.2 Å². The highest BCUT2D eigenvalue weighted by molar-refractivity contribution is 6.02. The molecule has 7 rings (SSSR count). The second kappa shape index (κ2) is 10.5. The molecule has 0 aliphatic carbocycles. The van der Waals surface area contributed by atoms with Crippen LogP contribution in [0, 0.1) is 25.2 Å². The standard InChI is InChI=1S/C34H29N7O/c1-23-8-6-12-26(18-23)33-38-29(20-35)34(42-33)40-16-14-39(15-17-40)31-30-28(25-10-4-3-5-11-25)21-41(32(30)37-22-36-31)27-13-7-9-24(2)19-27/h3-13,18-19,21-22H,14-17H2,1-2H3. The van der Waals surface area contributed by atoms with Crippen LogP contribution in [0.1, 0.15) is 16.8 Å². The summed E-state index contributed by atoms with van der Waals surface area (Å²) in [5.74, 6) is 1.90. The van der Waals surface area contributed by atoms with E-state index in [-0.39, 0.29) is 0 Å². The third kappa shape index (κ3) is 4.55. The van der Waals surface area contributed by atoms with Crippen LogP contribution in [-0.2, 0) is 0 Å². The maximum Gasteiger partial charge on any atom is 0.235 e. The van der Waals surface area contributed by atoms with Crippen molar-refractivity contribution >= 4 is 22.7 Å². The third-order valence-electron chi connectivity index (χ3n) is 7.77. The van der Waals surface area contributed by atoms with E-state index >= 15 is 0 Å². The fraction of sp³-hybridized carbons (Fsp3) is 0.176. The van der Waals surface area contributed by atoms with Gasteiger partial charge in [-0.05, 0) is 49.2 Å². The van der Waals surface area contributed by atoms with E-state index in [0.717, 1.165) is 44.8 Å². The zero-order valence-corrected chi connectivity index (χ0v) is 23.5. The van der Waals surface area contributed by atoms with Gasteiger partial charge in [-0.1, -0.05) is 60.2 Å². The molecular weight excluding hydrogens is 522 g/mol. The molecule has 0 radical (unpaired) electrons.